The van der Waals surface area contributed by atoms with Crippen LogP contribution in [0.3, 0.4) is 0 Å². The molecule has 1 aliphatic heterocycles. The van der Waals surface area contributed by atoms with Crippen LogP contribution in [0.4, 0.5) is 0 Å². The molecule has 0 amide bonds. The van der Waals surface area contributed by atoms with E-state index in [0.29, 0.717) is 6.04 Å². The lowest BCUT2D eigenvalue weighted by Gasteiger charge is -2.24. The molecule has 0 spiro atoms. The Labute approximate surface area is 112 Å². The number of hydrogen-bond donors (Lipinski definition) is 1. The first-order valence-electron chi connectivity index (χ1n) is 6.37. The highest BCUT2D eigenvalue weighted by Crippen LogP contribution is 2.28. The molecule has 0 saturated carbocycles. The van der Waals surface area contributed by atoms with Crippen LogP contribution >= 0.6 is 11.6 Å². The van der Waals surface area contributed by atoms with Crippen molar-refractivity contribution in [3.05, 3.63) is 47.2 Å². The molecule has 18 heavy (non-hydrogen) atoms. The molecule has 2 aromatic rings. The predicted octanol–water partition coefficient (Wildman–Crippen LogP) is 3.34. The van der Waals surface area contributed by atoms with Crippen molar-refractivity contribution in [2.45, 2.75) is 25.3 Å². The zero-order valence-corrected chi connectivity index (χ0v) is 10.9. The highest BCUT2D eigenvalue weighted by atomic mass is 35.5. The zero-order chi connectivity index (χ0) is 12.4. The van der Waals surface area contributed by atoms with E-state index < -0.39 is 0 Å². The lowest BCUT2D eigenvalue weighted by atomic mass is 9.97. The predicted molar refractivity (Wildman–Crippen MR) is 73.2 cm³/mol. The van der Waals surface area contributed by atoms with Gasteiger partial charge in [0.1, 0.15) is 0 Å². The second-order valence-electron chi connectivity index (χ2n) is 4.66. The van der Waals surface area contributed by atoms with Gasteiger partial charge in [-0.15, -0.1) is 0 Å². The summed E-state index contributed by atoms with van der Waals surface area (Å²) >= 11 is 6.35. The Bertz CT molecular complexity index is 516. The topological polar surface area (TPSA) is 29.9 Å². The van der Waals surface area contributed by atoms with E-state index in [2.05, 4.69) is 22.5 Å². The molecule has 94 valence electrons. The number of nitrogens with zero attached hydrogens (tertiary/aromatic N) is 2. The van der Waals surface area contributed by atoms with Crippen LogP contribution in [0.15, 0.2) is 36.7 Å². The van der Waals surface area contributed by atoms with Gasteiger partial charge >= 0.3 is 0 Å². The van der Waals surface area contributed by atoms with Crippen molar-refractivity contribution >= 4 is 11.6 Å². The van der Waals surface area contributed by atoms with Crippen molar-refractivity contribution in [3.63, 3.8) is 0 Å². The molecule has 0 radical (unpaired) electrons. The second-order valence-corrected chi connectivity index (χ2v) is 5.07. The number of hydrogen-bond acceptors (Lipinski definition) is 2. The van der Waals surface area contributed by atoms with Crippen molar-refractivity contribution in [2.75, 3.05) is 6.54 Å². The minimum absolute atomic E-state index is 0.447. The van der Waals surface area contributed by atoms with Crippen molar-refractivity contribution < 1.29 is 0 Å². The molecule has 1 saturated heterocycles. The minimum atomic E-state index is 0.447. The fourth-order valence-electron chi connectivity index (χ4n) is 2.47. The molecular weight excluding hydrogens is 246 g/mol. The number of piperidine rings is 1. The summed E-state index contributed by atoms with van der Waals surface area (Å²) in [6, 6.07) is 8.59. The minimum Gasteiger partial charge on any atom is -0.310 e. The molecule has 2 heterocycles. The van der Waals surface area contributed by atoms with Gasteiger partial charge in [-0.3, -0.25) is 0 Å². The first-order valence-corrected chi connectivity index (χ1v) is 6.75. The van der Waals surface area contributed by atoms with E-state index in [1.807, 2.05) is 18.3 Å². The molecule has 4 heteroatoms. The molecule has 1 aliphatic rings. The van der Waals surface area contributed by atoms with E-state index in [-0.39, 0.29) is 0 Å². The van der Waals surface area contributed by atoms with E-state index in [9.17, 15) is 0 Å². The molecule has 1 aromatic heterocycles. The first kappa shape index (κ1) is 11.8. The summed E-state index contributed by atoms with van der Waals surface area (Å²) < 4.78 is 1.79. The van der Waals surface area contributed by atoms with Crippen LogP contribution in [0, 0.1) is 0 Å². The number of rotatable bonds is 2. The summed E-state index contributed by atoms with van der Waals surface area (Å²) in [6.07, 6.45) is 7.41. The van der Waals surface area contributed by atoms with Gasteiger partial charge in [-0.1, -0.05) is 24.1 Å². The Morgan fingerprint density at radius 2 is 2.28 bits per heavy atom. The normalized spacial score (nSPS) is 19.9. The van der Waals surface area contributed by atoms with Crippen molar-refractivity contribution in [1.82, 2.24) is 15.1 Å². The average Bonchev–Trinajstić information content (AvgIpc) is 2.93. The fourth-order valence-corrected chi connectivity index (χ4v) is 2.75. The number of aromatic nitrogens is 2. The van der Waals surface area contributed by atoms with E-state index in [4.69, 9.17) is 11.6 Å². The number of nitrogens with one attached hydrogen (secondary N) is 1. The van der Waals surface area contributed by atoms with Crippen LogP contribution < -0.4 is 5.32 Å². The van der Waals surface area contributed by atoms with Crippen LogP contribution in [0.1, 0.15) is 30.9 Å². The zero-order valence-electron chi connectivity index (χ0n) is 10.1. The monoisotopic (exact) mass is 261 g/mol. The van der Waals surface area contributed by atoms with Gasteiger partial charge in [0.15, 0.2) is 0 Å². The van der Waals surface area contributed by atoms with Gasteiger partial charge in [0, 0.05) is 18.4 Å². The molecular formula is C14H16ClN3. The maximum absolute atomic E-state index is 6.35. The Kier molecular flexibility index (Phi) is 3.35. The molecule has 1 N–H and O–H groups in total. The quantitative estimate of drug-likeness (QED) is 0.899. The smallest absolute Gasteiger partial charge is 0.0831 e. The Morgan fingerprint density at radius 3 is 2.94 bits per heavy atom. The average molecular weight is 262 g/mol. The molecule has 3 rings (SSSR count). The van der Waals surface area contributed by atoms with E-state index >= 15 is 0 Å². The van der Waals surface area contributed by atoms with Crippen LogP contribution in [-0.2, 0) is 0 Å². The van der Waals surface area contributed by atoms with Gasteiger partial charge < -0.3 is 5.32 Å². The molecule has 1 fully saturated rings. The summed E-state index contributed by atoms with van der Waals surface area (Å²) in [5, 5.41) is 8.50. The Morgan fingerprint density at radius 1 is 1.33 bits per heavy atom. The molecule has 1 atom stereocenters. The summed E-state index contributed by atoms with van der Waals surface area (Å²) in [7, 11) is 0. The lowest BCUT2D eigenvalue weighted by Crippen LogP contribution is -2.26. The Balaban J connectivity index is 1.89. The standard InChI is InChI=1S/C14H16ClN3/c15-12-10-11(13-4-1-2-7-16-13)5-6-14(12)18-9-3-8-17-18/h3,5-6,8-10,13,16H,1-2,4,7H2. The van der Waals surface area contributed by atoms with Gasteiger partial charge in [0.05, 0.1) is 10.7 Å². The Hall–Kier alpha value is -1.32. The summed E-state index contributed by atoms with van der Waals surface area (Å²) in [5.74, 6) is 0. The second kappa shape index (κ2) is 5.12. The maximum atomic E-state index is 6.35. The highest BCUT2D eigenvalue weighted by molar-refractivity contribution is 6.32. The summed E-state index contributed by atoms with van der Waals surface area (Å²) in [6.45, 7) is 1.10. The van der Waals surface area contributed by atoms with Gasteiger partial charge in [-0.25, -0.2) is 4.68 Å². The molecule has 0 bridgehead atoms. The summed E-state index contributed by atoms with van der Waals surface area (Å²) in [4.78, 5) is 0. The van der Waals surface area contributed by atoms with Crippen LogP contribution in [0.25, 0.3) is 5.69 Å². The van der Waals surface area contributed by atoms with Gasteiger partial charge in [0.2, 0.25) is 0 Å². The third kappa shape index (κ3) is 2.28. The van der Waals surface area contributed by atoms with E-state index in [1.54, 1.807) is 10.9 Å². The van der Waals surface area contributed by atoms with Crippen LogP contribution in [0.5, 0.6) is 0 Å². The maximum Gasteiger partial charge on any atom is 0.0831 e. The van der Waals surface area contributed by atoms with Crippen molar-refractivity contribution in [2.24, 2.45) is 0 Å². The van der Waals surface area contributed by atoms with Crippen molar-refractivity contribution in [3.8, 4) is 5.69 Å². The largest absolute Gasteiger partial charge is 0.310 e. The van der Waals surface area contributed by atoms with Gasteiger partial charge in [-0.05, 0) is 43.1 Å². The van der Waals surface area contributed by atoms with Gasteiger partial charge in [-0.2, -0.15) is 5.10 Å². The highest BCUT2D eigenvalue weighted by Gasteiger charge is 2.15. The lowest BCUT2D eigenvalue weighted by molar-refractivity contribution is 0.412. The molecule has 0 aliphatic carbocycles. The fraction of sp³-hybridized carbons (Fsp3) is 0.357. The third-order valence-electron chi connectivity index (χ3n) is 3.44. The number of benzene rings is 1. The van der Waals surface area contributed by atoms with Crippen LogP contribution in [0.2, 0.25) is 5.02 Å². The molecule has 1 aromatic carbocycles. The van der Waals surface area contributed by atoms with Crippen LogP contribution in [-0.4, -0.2) is 16.3 Å². The molecule has 1 unspecified atom stereocenters. The number of halogens is 1. The molecule has 3 nitrogen and oxygen atoms in total. The van der Waals surface area contributed by atoms with E-state index in [0.717, 1.165) is 17.3 Å². The van der Waals surface area contributed by atoms with Gasteiger partial charge in [0.25, 0.3) is 0 Å². The summed E-state index contributed by atoms with van der Waals surface area (Å²) in [5.41, 5.74) is 2.21. The third-order valence-corrected chi connectivity index (χ3v) is 3.74. The van der Waals surface area contributed by atoms with E-state index in [1.165, 1.54) is 24.8 Å². The van der Waals surface area contributed by atoms with Crippen molar-refractivity contribution in [1.29, 1.82) is 0 Å². The SMILES string of the molecule is Clc1cc(C2CCCCN2)ccc1-n1cccn1. The first-order chi connectivity index (χ1) is 8.84.